The highest BCUT2D eigenvalue weighted by molar-refractivity contribution is 6.34. The maximum Gasteiger partial charge on any atom is 0.257 e. The molecule has 7 heteroatoms. The molecule has 0 aliphatic carbocycles. The molecule has 0 aliphatic rings. The van der Waals surface area contributed by atoms with Crippen LogP contribution in [0.3, 0.4) is 0 Å². The molecule has 0 saturated carbocycles. The van der Waals surface area contributed by atoms with Crippen LogP contribution in [0.4, 0.5) is 14.6 Å². The molecule has 2 aromatic carbocycles. The zero-order valence-corrected chi connectivity index (χ0v) is 13.8. The van der Waals surface area contributed by atoms with Crippen LogP contribution in [0.25, 0.3) is 10.8 Å². The zero-order valence-electron chi connectivity index (χ0n) is 13.0. The molecule has 1 heterocycles. The maximum atomic E-state index is 13.5. The third-order valence-corrected chi connectivity index (χ3v) is 3.89. The summed E-state index contributed by atoms with van der Waals surface area (Å²) in [4.78, 5) is 16.1. The summed E-state index contributed by atoms with van der Waals surface area (Å²) in [6.45, 7) is 0.488. The molecule has 128 valence electrons. The average Bonchev–Trinajstić information content (AvgIpc) is 2.59. The lowest BCUT2D eigenvalue weighted by Crippen LogP contribution is -2.30. The van der Waals surface area contributed by atoms with Gasteiger partial charge in [0.25, 0.3) is 5.91 Å². The van der Waals surface area contributed by atoms with Gasteiger partial charge in [0.1, 0.15) is 28.2 Å². The summed E-state index contributed by atoms with van der Waals surface area (Å²) in [5.74, 6) is -2.04. The number of aromatic nitrogens is 1. The maximum absolute atomic E-state index is 13.5. The van der Waals surface area contributed by atoms with E-state index in [1.54, 1.807) is 0 Å². The summed E-state index contributed by atoms with van der Waals surface area (Å²) in [5, 5.41) is 7.63. The number of pyridine rings is 1. The fourth-order valence-electron chi connectivity index (χ4n) is 2.42. The molecular weight excluding hydrogens is 348 g/mol. The predicted octanol–water partition coefficient (Wildman–Crippen LogP) is 4.01. The van der Waals surface area contributed by atoms with Crippen LogP contribution in [-0.4, -0.2) is 24.0 Å². The molecule has 0 atom stereocenters. The van der Waals surface area contributed by atoms with Gasteiger partial charge in [0.05, 0.1) is 0 Å². The van der Waals surface area contributed by atoms with Crippen molar-refractivity contribution < 1.29 is 13.6 Å². The first-order valence-corrected chi connectivity index (χ1v) is 7.95. The van der Waals surface area contributed by atoms with Crippen LogP contribution in [0.1, 0.15) is 10.4 Å². The van der Waals surface area contributed by atoms with E-state index < -0.39 is 23.1 Å². The number of rotatable bonds is 5. The van der Waals surface area contributed by atoms with Gasteiger partial charge in [-0.3, -0.25) is 4.79 Å². The van der Waals surface area contributed by atoms with Gasteiger partial charge in [0.15, 0.2) is 0 Å². The van der Waals surface area contributed by atoms with Crippen molar-refractivity contribution in [1.82, 2.24) is 10.3 Å². The van der Waals surface area contributed by atoms with Crippen molar-refractivity contribution in [2.45, 2.75) is 0 Å². The number of carbonyl (C=O) groups is 1. The minimum atomic E-state index is -0.895. The monoisotopic (exact) mass is 361 g/mol. The Labute approximate surface area is 147 Å². The molecule has 0 spiro atoms. The zero-order chi connectivity index (χ0) is 17.8. The molecule has 0 fully saturated rings. The number of carbonyl (C=O) groups excluding carboxylic acids is 1. The Morgan fingerprint density at radius 3 is 2.52 bits per heavy atom. The second kappa shape index (κ2) is 7.44. The molecule has 1 aromatic heterocycles. The van der Waals surface area contributed by atoms with Crippen molar-refractivity contribution in [1.29, 1.82) is 0 Å². The fraction of sp³-hybridized carbons (Fsp3) is 0.111. The van der Waals surface area contributed by atoms with E-state index in [1.807, 2.05) is 30.3 Å². The van der Waals surface area contributed by atoms with Crippen LogP contribution in [0, 0.1) is 11.6 Å². The number of halogens is 3. The molecular formula is C18H14ClF2N3O. The number of benzene rings is 2. The first kappa shape index (κ1) is 17.1. The van der Waals surface area contributed by atoms with Crippen LogP contribution in [0.2, 0.25) is 5.15 Å². The molecule has 0 aliphatic heterocycles. The second-order valence-corrected chi connectivity index (χ2v) is 5.66. The summed E-state index contributed by atoms with van der Waals surface area (Å²) in [6.07, 6.45) is 0. The highest BCUT2D eigenvalue weighted by Gasteiger charge is 2.16. The van der Waals surface area contributed by atoms with Gasteiger partial charge in [-0.25, -0.2) is 13.8 Å². The highest BCUT2D eigenvalue weighted by atomic mass is 35.5. The number of amides is 1. The molecule has 0 radical (unpaired) electrons. The number of hydrogen-bond donors (Lipinski definition) is 2. The van der Waals surface area contributed by atoms with E-state index >= 15 is 0 Å². The smallest absolute Gasteiger partial charge is 0.257 e. The largest absolute Gasteiger partial charge is 0.368 e. The first-order chi connectivity index (χ1) is 12.1. The molecule has 25 heavy (non-hydrogen) atoms. The minimum Gasteiger partial charge on any atom is -0.368 e. The van der Waals surface area contributed by atoms with Crippen LogP contribution in [0.15, 0.2) is 48.5 Å². The lowest BCUT2D eigenvalue weighted by Gasteiger charge is -2.10. The third kappa shape index (κ3) is 3.85. The molecule has 2 N–H and O–H groups in total. The third-order valence-electron chi connectivity index (χ3n) is 3.60. The lowest BCUT2D eigenvalue weighted by molar-refractivity contribution is 0.0946. The number of nitrogens with one attached hydrogen (secondary N) is 2. The SMILES string of the molecule is O=C(NCCNc1cc2ccccc2c(Cl)n1)c1c(F)cccc1F. The molecule has 4 nitrogen and oxygen atoms in total. The van der Waals surface area contributed by atoms with Gasteiger partial charge in [-0.2, -0.15) is 0 Å². The Bertz CT molecular complexity index is 913. The minimum absolute atomic E-state index is 0.165. The van der Waals surface area contributed by atoms with Gasteiger partial charge in [-0.1, -0.05) is 41.9 Å². The molecule has 0 unspecified atom stereocenters. The Kier molecular flexibility index (Phi) is 5.09. The Hall–Kier alpha value is -2.73. The van der Waals surface area contributed by atoms with Crippen molar-refractivity contribution in [3.63, 3.8) is 0 Å². The predicted molar refractivity (Wildman–Crippen MR) is 93.9 cm³/mol. The van der Waals surface area contributed by atoms with Crippen LogP contribution in [-0.2, 0) is 0 Å². The topological polar surface area (TPSA) is 54.0 Å². The van der Waals surface area contributed by atoms with Gasteiger partial charge in [-0.05, 0) is 23.6 Å². The molecule has 3 rings (SSSR count). The quantitative estimate of drug-likeness (QED) is 0.533. The number of nitrogens with zero attached hydrogens (tertiary/aromatic N) is 1. The van der Waals surface area contributed by atoms with E-state index in [4.69, 9.17) is 11.6 Å². The average molecular weight is 362 g/mol. The van der Waals surface area contributed by atoms with Gasteiger partial charge in [0, 0.05) is 18.5 Å². The molecule has 1 amide bonds. The summed E-state index contributed by atoms with van der Waals surface area (Å²) < 4.78 is 27.1. The van der Waals surface area contributed by atoms with Gasteiger partial charge < -0.3 is 10.6 Å². The summed E-state index contributed by atoms with van der Waals surface area (Å²) in [7, 11) is 0. The van der Waals surface area contributed by atoms with E-state index in [1.165, 1.54) is 6.07 Å². The highest BCUT2D eigenvalue weighted by Crippen LogP contribution is 2.24. The van der Waals surface area contributed by atoms with E-state index in [0.29, 0.717) is 17.5 Å². The van der Waals surface area contributed by atoms with E-state index in [-0.39, 0.29) is 6.54 Å². The number of fused-ring (bicyclic) bond motifs is 1. The fourth-order valence-corrected chi connectivity index (χ4v) is 2.68. The molecule has 0 bridgehead atoms. The molecule has 0 saturated heterocycles. The Balaban J connectivity index is 1.59. The number of hydrogen-bond acceptors (Lipinski definition) is 3. The van der Waals surface area contributed by atoms with Gasteiger partial charge in [0.2, 0.25) is 0 Å². The van der Waals surface area contributed by atoms with Crippen LogP contribution >= 0.6 is 11.6 Å². The normalized spacial score (nSPS) is 10.7. The summed E-state index contributed by atoms with van der Waals surface area (Å²) in [5.41, 5.74) is -0.589. The summed E-state index contributed by atoms with van der Waals surface area (Å²) >= 11 is 6.14. The van der Waals surface area contributed by atoms with Crippen molar-refractivity contribution in [3.05, 3.63) is 70.9 Å². The van der Waals surface area contributed by atoms with Crippen molar-refractivity contribution in [2.24, 2.45) is 0 Å². The summed E-state index contributed by atoms with van der Waals surface area (Å²) in [6, 6.07) is 12.7. The Morgan fingerprint density at radius 1 is 1.04 bits per heavy atom. The Morgan fingerprint density at radius 2 is 1.76 bits per heavy atom. The first-order valence-electron chi connectivity index (χ1n) is 7.57. The van der Waals surface area contributed by atoms with E-state index in [2.05, 4.69) is 15.6 Å². The van der Waals surface area contributed by atoms with E-state index in [0.717, 1.165) is 22.9 Å². The second-order valence-electron chi connectivity index (χ2n) is 5.30. The standard InChI is InChI=1S/C18H14ClF2N3O/c19-17-12-5-2-1-4-11(12)10-15(24-17)22-8-9-23-18(25)16-13(20)6-3-7-14(16)21/h1-7,10H,8-9H2,(H,22,24)(H,23,25). The van der Waals surface area contributed by atoms with Crippen molar-refractivity contribution in [2.75, 3.05) is 18.4 Å². The molecule has 3 aromatic rings. The van der Waals surface area contributed by atoms with Crippen LogP contribution in [0.5, 0.6) is 0 Å². The lowest BCUT2D eigenvalue weighted by atomic mass is 10.2. The van der Waals surface area contributed by atoms with Gasteiger partial charge in [-0.15, -0.1) is 0 Å². The van der Waals surface area contributed by atoms with Crippen molar-refractivity contribution >= 4 is 34.1 Å². The van der Waals surface area contributed by atoms with Crippen LogP contribution < -0.4 is 10.6 Å². The van der Waals surface area contributed by atoms with Gasteiger partial charge >= 0.3 is 0 Å². The number of anilines is 1. The van der Waals surface area contributed by atoms with E-state index in [9.17, 15) is 13.6 Å². The van der Waals surface area contributed by atoms with Crippen molar-refractivity contribution in [3.8, 4) is 0 Å².